The Hall–Kier alpha value is -2.53. The van der Waals surface area contributed by atoms with Crippen molar-refractivity contribution in [3.8, 4) is 0 Å². The van der Waals surface area contributed by atoms with Gasteiger partial charge in [-0.3, -0.25) is 9.59 Å². The zero-order chi connectivity index (χ0) is 21.1. The second kappa shape index (κ2) is 8.87. The van der Waals surface area contributed by atoms with E-state index in [9.17, 15) is 29.7 Å². The van der Waals surface area contributed by atoms with Crippen molar-refractivity contribution >= 4 is 17.8 Å². The van der Waals surface area contributed by atoms with Crippen LogP contribution in [0.3, 0.4) is 0 Å². The van der Waals surface area contributed by atoms with Crippen molar-refractivity contribution in [1.29, 1.82) is 0 Å². The van der Waals surface area contributed by atoms with Gasteiger partial charge in [-0.15, -0.1) is 0 Å². The number of ether oxygens (including phenoxy) is 2. The number of aliphatic hydroxyl groups excluding tert-OH is 3. The molecule has 2 saturated heterocycles. The van der Waals surface area contributed by atoms with Gasteiger partial charge in [0.1, 0.15) is 24.2 Å². The van der Waals surface area contributed by atoms with E-state index in [0.717, 1.165) is 0 Å². The number of aliphatic carboxylic acids is 1. The number of nitrogens with one attached hydrogen (secondary N) is 1. The van der Waals surface area contributed by atoms with E-state index in [4.69, 9.17) is 14.6 Å². The number of carbonyl (C=O) groups is 3. The minimum atomic E-state index is -1.89. The number of carboxylic acid groups (broad SMARTS) is 1. The van der Waals surface area contributed by atoms with Crippen LogP contribution in [-0.4, -0.2) is 75.0 Å². The average molecular weight is 409 g/mol. The molecule has 7 unspecified atom stereocenters. The molecular formula is C19H23NO9. The maximum Gasteiger partial charge on any atom is 0.335 e. The van der Waals surface area contributed by atoms with E-state index in [1.54, 1.807) is 30.3 Å². The van der Waals surface area contributed by atoms with E-state index in [0.29, 0.717) is 24.8 Å². The molecule has 2 fully saturated rings. The highest BCUT2D eigenvalue weighted by molar-refractivity contribution is 5.83. The van der Waals surface area contributed by atoms with Crippen molar-refractivity contribution in [2.24, 2.45) is 0 Å². The zero-order valence-corrected chi connectivity index (χ0v) is 15.4. The van der Waals surface area contributed by atoms with Crippen molar-refractivity contribution < 1.29 is 44.3 Å². The predicted molar refractivity (Wildman–Crippen MR) is 95.4 cm³/mol. The number of carboxylic acids is 1. The van der Waals surface area contributed by atoms with Gasteiger partial charge < -0.3 is 35.2 Å². The Morgan fingerprint density at radius 2 is 1.79 bits per heavy atom. The van der Waals surface area contributed by atoms with Crippen molar-refractivity contribution in [2.75, 3.05) is 0 Å². The maximum absolute atomic E-state index is 13.0. The molecule has 10 heteroatoms. The van der Waals surface area contributed by atoms with Gasteiger partial charge in [0.25, 0.3) is 0 Å². The molecule has 1 amide bonds. The molecule has 2 aliphatic heterocycles. The monoisotopic (exact) mass is 409 g/mol. The van der Waals surface area contributed by atoms with Gasteiger partial charge in [0, 0.05) is 12.5 Å². The van der Waals surface area contributed by atoms with Crippen molar-refractivity contribution in [3.05, 3.63) is 35.9 Å². The number of carbonyl (C=O) groups excluding carboxylic acids is 2. The fourth-order valence-corrected chi connectivity index (χ4v) is 3.61. The molecule has 7 atom stereocenters. The molecule has 0 aliphatic carbocycles. The van der Waals surface area contributed by atoms with Crippen LogP contribution in [0.25, 0.3) is 0 Å². The lowest BCUT2D eigenvalue weighted by Gasteiger charge is -2.39. The summed E-state index contributed by atoms with van der Waals surface area (Å²) in [6.07, 6.45) is -7.84. The van der Waals surface area contributed by atoms with Crippen LogP contribution in [0.1, 0.15) is 30.7 Å². The highest BCUT2D eigenvalue weighted by Gasteiger charge is 2.49. The van der Waals surface area contributed by atoms with Crippen molar-refractivity contribution in [2.45, 2.75) is 61.9 Å². The number of piperidine rings is 1. The number of amides is 1. The highest BCUT2D eigenvalue weighted by Crippen LogP contribution is 2.30. The first kappa shape index (κ1) is 21.2. The van der Waals surface area contributed by atoms with Crippen LogP contribution in [0.5, 0.6) is 0 Å². The summed E-state index contributed by atoms with van der Waals surface area (Å²) in [7, 11) is 0. The molecule has 1 aromatic rings. The van der Waals surface area contributed by atoms with Gasteiger partial charge in [-0.2, -0.15) is 0 Å². The highest BCUT2D eigenvalue weighted by atomic mass is 16.7. The van der Waals surface area contributed by atoms with Gasteiger partial charge >= 0.3 is 11.9 Å². The van der Waals surface area contributed by atoms with Gasteiger partial charge in [0.2, 0.25) is 12.2 Å². The number of benzene rings is 1. The first-order valence-electron chi connectivity index (χ1n) is 9.27. The molecule has 1 aromatic carbocycles. The van der Waals surface area contributed by atoms with E-state index < -0.39 is 54.6 Å². The Morgan fingerprint density at radius 3 is 2.41 bits per heavy atom. The lowest BCUT2D eigenvalue weighted by atomic mass is 9.86. The molecule has 0 aromatic heterocycles. The SMILES string of the molecule is O=C1CCCC(C(C(=O)OC2OC(C(=O)O)C(O)C(O)C2O)c2ccccc2)N1. The van der Waals surface area contributed by atoms with Crippen LogP contribution < -0.4 is 5.32 Å². The third-order valence-corrected chi connectivity index (χ3v) is 5.13. The number of esters is 1. The van der Waals surface area contributed by atoms with Gasteiger partial charge in [-0.1, -0.05) is 30.3 Å². The molecule has 0 saturated carbocycles. The van der Waals surface area contributed by atoms with Crippen LogP contribution in [0, 0.1) is 0 Å². The molecule has 2 aliphatic rings. The number of aliphatic hydroxyl groups is 3. The number of hydrogen-bond acceptors (Lipinski definition) is 8. The summed E-state index contributed by atoms with van der Waals surface area (Å²) < 4.78 is 10.2. The lowest BCUT2D eigenvalue weighted by molar-refractivity contribution is -0.287. The summed E-state index contributed by atoms with van der Waals surface area (Å²) in [5.74, 6) is -3.57. The largest absolute Gasteiger partial charge is 0.479 e. The lowest BCUT2D eigenvalue weighted by Crippen LogP contribution is -2.61. The Labute approximate surface area is 166 Å². The third-order valence-electron chi connectivity index (χ3n) is 5.13. The Bertz CT molecular complexity index is 755. The van der Waals surface area contributed by atoms with Gasteiger partial charge in [-0.05, 0) is 18.4 Å². The minimum Gasteiger partial charge on any atom is -0.479 e. The van der Waals surface area contributed by atoms with E-state index in [2.05, 4.69) is 5.32 Å². The summed E-state index contributed by atoms with van der Waals surface area (Å²) in [4.78, 5) is 36.0. The Kier molecular flexibility index (Phi) is 6.48. The predicted octanol–water partition coefficient (Wildman–Crippen LogP) is -1.13. The topological polar surface area (TPSA) is 163 Å². The first-order valence-corrected chi connectivity index (χ1v) is 9.27. The molecule has 29 heavy (non-hydrogen) atoms. The summed E-state index contributed by atoms with van der Waals surface area (Å²) in [6, 6.07) is 8.00. The molecule has 0 spiro atoms. The third kappa shape index (κ3) is 4.56. The maximum atomic E-state index is 13.0. The second-order valence-corrected chi connectivity index (χ2v) is 7.13. The summed E-state index contributed by atoms with van der Waals surface area (Å²) in [5, 5.41) is 41.6. The van der Waals surface area contributed by atoms with Crippen LogP contribution >= 0.6 is 0 Å². The molecule has 5 N–H and O–H groups in total. The molecule has 3 rings (SSSR count). The molecule has 0 radical (unpaired) electrons. The summed E-state index contributed by atoms with van der Waals surface area (Å²) in [5.41, 5.74) is 0.561. The molecular weight excluding hydrogens is 386 g/mol. The normalized spacial score (nSPS) is 33.4. The van der Waals surface area contributed by atoms with E-state index in [1.807, 2.05) is 0 Å². The van der Waals surface area contributed by atoms with Gasteiger partial charge in [0.05, 0.1) is 0 Å². The van der Waals surface area contributed by atoms with Crippen molar-refractivity contribution in [1.82, 2.24) is 5.32 Å². The fraction of sp³-hybridized carbons (Fsp3) is 0.526. The van der Waals surface area contributed by atoms with Gasteiger partial charge in [0.15, 0.2) is 6.10 Å². The van der Waals surface area contributed by atoms with Crippen LogP contribution in [-0.2, 0) is 23.9 Å². The number of hydrogen-bond donors (Lipinski definition) is 5. The molecule has 158 valence electrons. The standard InChI is InChI=1S/C19H23NO9/c21-11-8-4-7-10(20-11)12(9-5-2-1-3-6-9)18(27)29-19-15(24)13(22)14(23)16(28-19)17(25)26/h1-3,5-6,10,12-16,19,22-24H,4,7-8H2,(H,20,21)(H,25,26). The smallest absolute Gasteiger partial charge is 0.335 e. The first-order chi connectivity index (χ1) is 13.8. The van der Waals surface area contributed by atoms with Crippen LogP contribution in [0.4, 0.5) is 0 Å². The number of rotatable bonds is 5. The fourth-order valence-electron chi connectivity index (χ4n) is 3.61. The Balaban J connectivity index is 1.82. The van der Waals surface area contributed by atoms with E-state index >= 15 is 0 Å². The quantitative estimate of drug-likeness (QED) is 0.379. The zero-order valence-electron chi connectivity index (χ0n) is 15.4. The minimum absolute atomic E-state index is 0.201. The van der Waals surface area contributed by atoms with Crippen LogP contribution in [0.15, 0.2) is 30.3 Å². The molecule has 0 bridgehead atoms. The van der Waals surface area contributed by atoms with Crippen LogP contribution in [0.2, 0.25) is 0 Å². The van der Waals surface area contributed by atoms with Crippen molar-refractivity contribution in [3.63, 3.8) is 0 Å². The Morgan fingerprint density at radius 1 is 1.10 bits per heavy atom. The summed E-state index contributed by atoms with van der Waals surface area (Å²) in [6.45, 7) is 0. The molecule has 2 heterocycles. The van der Waals surface area contributed by atoms with E-state index in [1.165, 1.54) is 0 Å². The van der Waals surface area contributed by atoms with E-state index in [-0.39, 0.29) is 5.91 Å². The second-order valence-electron chi connectivity index (χ2n) is 7.13. The molecule has 10 nitrogen and oxygen atoms in total. The average Bonchev–Trinajstić information content (AvgIpc) is 2.69. The summed E-state index contributed by atoms with van der Waals surface area (Å²) >= 11 is 0. The van der Waals surface area contributed by atoms with Gasteiger partial charge in [-0.25, -0.2) is 4.79 Å².